The van der Waals surface area contributed by atoms with E-state index < -0.39 is 0 Å². The van der Waals surface area contributed by atoms with Gasteiger partial charge in [-0.05, 0) is 13.8 Å². The second kappa shape index (κ2) is 2.35. The SMILES string of the molecule is Cc1nc2cc(N)nc(N)n2c1C. The van der Waals surface area contributed by atoms with Crippen molar-refractivity contribution in [1.82, 2.24) is 14.4 Å². The van der Waals surface area contributed by atoms with Gasteiger partial charge in [-0.25, -0.2) is 4.98 Å². The molecule has 5 heteroatoms. The number of hydrogen-bond donors (Lipinski definition) is 2. The number of aryl methyl sites for hydroxylation is 2. The highest BCUT2D eigenvalue weighted by Crippen LogP contribution is 2.15. The van der Waals surface area contributed by atoms with Crippen LogP contribution < -0.4 is 11.5 Å². The summed E-state index contributed by atoms with van der Waals surface area (Å²) in [6.45, 7) is 3.88. The molecule has 0 unspecified atom stereocenters. The Balaban J connectivity index is 2.94. The van der Waals surface area contributed by atoms with Crippen LogP contribution >= 0.6 is 0 Å². The second-order valence-electron chi connectivity index (χ2n) is 3.02. The number of rotatable bonds is 0. The number of hydrogen-bond acceptors (Lipinski definition) is 4. The lowest BCUT2D eigenvalue weighted by Gasteiger charge is -2.01. The van der Waals surface area contributed by atoms with E-state index in [0.717, 1.165) is 17.0 Å². The van der Waals surface area contributed by atoms with Crippen molar-refractivity contribution in [3.8, 4) is 0 Å². The highest BCUT2D eigenvalue weighted by molar-refractivity contribution is 5.54. The summed E-state index contributed by atoms with van der Waals surface area (Å²) in [5, 5.41) is 0. The quantitative estimate of drug-likeness (QED) is 0.614. The molecule has 0 aromatic carbocycles. The van der Waals surface area contributed by atoms with E-state index in [1.54, 1.807) is 10.5 Å². The van der Waals surface area contributed by atoms with E-state index in [2.05, 4.69) is 9.97 Å². The predicted molar refractivity (Wildman–Crippen MR) is 51.3 cm³/mol. The van der Waals surface area contributed by atoms with Gasteiger partial charge in [0.1, 0.15) is 11.5 Å². The molecule has 68 valence electrons. The van der Waals surface area contributed by atoms with E-state index in [4.69, 9.17) is 11.5 Å². The smallest absolute Gasteiger partial charge is 0.208 e. The molecule has 0 atom stereocenters. The zero-order valence-corrected chi connectivity index (χ0v) is 7.57. The Labute approximate surface area is 75.4 Å². The summed E-state index contributed by atoms with van der Waals surface area (Å²) < 4.78 is 1.78. The summed E-state index contributed by atoms with van der Waals surface area (Å²) in [4.78, 5) is 8.25. The number of imidazole rings is 1. The van der Waals surface area contributed by atoms with Crippen LogP contribution in [-0.4, -0.2) is 14.4 Å². The molecule has 5 nitrogen and oxygen atoms in total. The maximum absolute atomic E-state index is 5.70. The number of nitrogen functional groups attached to an aromatic ring is 2. The van der Waals surface area contributed by atoms with Crippen molar-refractivity contribution >= 4 is 17.4 Å². The van der Waals surface area contributed by atoms with Gasteiger partial charge >= 0.3 is 0 Å². The van der Waals surface area contributed by atoms with Crippen LogP contribution in [0.5, 0.6) is 0 Å². The number of fused-ring (bicyclic) bond motifs is 1. The van der Waals surface area contributed by atoms with Crippen molar-refractivity contribution in [2.45, 2.75) is 13.8 Å². The first-order valence-electron chi connectivity index (χ1n) is 3.97. The largest absolute Gasteiger partial charge is 0.383 e. The van der Waals surface area contributed by atoms with Gasteiger partial charge in [-0.15, -0.1) is 0 Å². The highest BCUT2D eigenvalue weighted by atomic mass is 15.2. The Bertz CT molecular complexity index is 471. The molecule has 2 rings (SSSR count). The molecule has 0 spiro atoms. The topological polar surface area (TPSA) is 82.2 Å². The molecule has 0 radical (unpaired) electrons. The van der Waals surface area contributed by atoms with Crippen molar-refractivity contribution in [3.05, 3.63) is 17.5 Å². The van der Waals surface area contributed by atoms with Crippen molar-refractivity contribution in [2.75, 3.05) is 11.5 Å². The first-order chi connectivity index (χ1) is 6.09. The molecule has 0 fully saturated rings. The Morgan fingerprint density at radius 1 is 1.23 bits per heavy atom. The molecular weight excluding hydrogens is 166 g/mol. The van der Waals surface area contributed by atoms with Crippen molar-refractivity contribution in [3.63, 3.8) is 0 Å². The van der Waals surface area contributed by atoms with Gasteiger partial charge in [0.25, 0.3) is 0 Å². The second-order valence-corrected chi connectivity index (χ2v) is 3.02. The lowest BCUT2D eigenvalue weighted by molar-refractivity contribution is 1.06. The molecule has 2 aromatic heterocycles. The normalized spacial score (nSPS) is 10.9. The molecule has 0 saturated heterocycles. The van der Waals surface area contributed by atoms with Gasteiger partial charge < -0.3 is 11.5 Å². The average molecular weight is 177 g/mol. The summed E-state index contributed by atoms with van der Waals surface area (Å²) in [7, 11) is 0. The molecule has 0 bridgehead atoms. The van der Waals surface area contributed by atoms with E-state index >= 15 is 0 Å². The van der Waals surface area contributed by atoms with Gasteiger partial charge in [0.15, 0.2) is 0 Å². The Kier molecular flexibility index (Phi) is 1.42. The van der Waals surface area contributed by atoms with E-state index in [-0.39, 0.29) is 0 Å². The maximum atomic E-state index is 5.70. The fourth-order valence-electron chi connectivity index (χ4n) is 1.37. The summed E-state index contributed by atoms with van der Waals surface area (Å²) in [5.41, 5.74) is 13.9. The van der Waals surface area contributed by atoms with Crippen molar-refractivity contribution < 1.29 is 0 Å². The number of anilines is 2. The minimum Gasteiger partial charge on any atom is -0.383 e. The third kappa shape index (κ3) is 1.00. The Morgan fingerprint density at radius 3 is 2.62 bits per heavy atom. The lowest BCUT2D eigenvalue weighted by atomic mass is 10.4. The summed E-state index contributed by atoms with van der Waals surface area (Å²) >= 11 is 0. The first-order valence-corrected chi connectivity index (χ1v) is 3.97. The van der Waals surface area contributed by atoms with Crippen molar-refractivity contribution in [2.24, 2.45) is 0 Å². The number of nitrogens with two attached hydrogens (primary N) is 2. The van der Waals surface area contributed by atoms with Gasteiger partial charge in [-0.1, -0.05) is 0 Å². The first kappa shape index (κ1) is 7.85. The third-order valence-electron chi connectivity index (χ3n) is 2.12. The van der Waals surface area contributed by atoms with Gasteiger partial charge in [-0.2, -0.15) is 4.98 Å². The molecule has 13 heavy (non-hydrogen) atoms. The van der Waals surface area contributed by atoms with Gasteiger partial charge in [-0.3, -0.25) is 4.40 Å². The summed E-state index contributed by atoms with van der Waals surface area (Å²) in [6.07, 6.45) is 0. The zero-order chi connectivity index (χ0) is 9.59. The number of nitrogens with zero attached hydrogens (tertiary/aromatic N) is 3. The van der Waals surface area contributed by atoms with Gasteiger partial charge in [0, 0.05) is 11.8 Å². The lowest BCUT2D eigenvalue weighted by Crippen LogP contribution is -2.04. The number of aromatic nitrogens is 3. The minimum atomic E-state index is 0.383. The predicted octanol–water partition coefficient (Wildman–Crippen LogP) is 0.511. The standard InChI is InChI=1S/C8H11N5/c1-4-5(2)13-7(11-4)3-6(9)12-8(13)10/h3H,9H2,1-2H3,(H2,10,12). The van der Waals surface area contributed by atoms with E-state index in [9.17, 15) is 0 Å². The van der Waals surface area contributed by atoms with Crippen LogP contribution in [-0.2, 0) is 0 Å². The molecule has 2 heterocycles. The molecule has 0 aliphatic heterocycles. The van der Waals surface area contributed by atoms with Gasteiger partial charge in [0.2, 0.25) is 5.95 Å². The highest BCUT2D eigenvalue weighted by Gasteiger charge is 2.07. The third-order valence-corrected chi connectivity index (χ3v) is 2.12. The summed E-state index contributed by atoms with van der Waals surface area (Å²) in [5.74, 6) is 0.781. The molecular formula is C8H11N5. The van der Waals surface area contributed by atoms with E-state index in [1.165, 1.54) is 0 Å². The van der Waals surface area contributed by atoms with Crippen LogP contribution in [0.3, 0.4) is 0 Å². The van der Waals surface area contributed by atoms with Crippen LogP contribution in [0.25, 0.3) is 5.65 Å². The van der Waals surface area contributed by atoms with Crippen LogP contribution in [0.2, 0.25) is 0 Å². The molecule has 0 aliphatic carbocycles. The average Bonchev–Trinajstić information content (AvgIpc) is 2.27. The van der Waals surface area contributed by atoms with Crippen molar-refractivity contribution in [1.29, 1.82) is 0 Å². The van der Waals surface area contributed by atoms with Crippen LogP contribution in [0, 0.1) is 13.8 Å². The monoisotopic (exact) mass is 177 g/mol. The fraction of sp³-hybridized carbons (Fsp3) is 0.250. The van der Waals surface area contributed by atoms with E-state index in [1.807, 2.05) is 13.8 Å². The van der Waals surface area contributed by atoms with Crippen LogP contribution in [0.15, 0.2) is 6.07 Å². The molecule has 0 saturated carbocycles. The molecule has 0 amide bonds. The van der Waals surface area contributed by atoms with Gasteiger partial charge in [0.05, 0.1) is 5.69 Å². The molecule has 0 aliphatic rings. The van der Waals surface area contributed by atoms with Crippen LogP contribution in [0.4, 0.5) is 11.8 Å². The molecule has 4 N–H and O–H groups in total. The Hall–Kier alpha value is -1.78. The minimum absolute atomic E-state index is 0.383. The maximum Gasteiger partial charge on any atom is 0.208 e. The van der Waals surface area contributed by atoms with E-state index in [0.29, 0.717) is 11.8 Å². The Morgan fingerprint density at radius 2 is 1.92 bits per heavy atom. The zero-order valence-electron chi connectivity index (χ0n) is 7.57. The molecule has 2 aromatic rings. The summed E-state index contributed by atoms with van der Waals surface area (Å²) in [6, 6.07) is 1.70. The fourth-order valence-corrected chi connectivity index (χ4v) is 1.37. The van der Waals surface area contributed by atoms with Crippen LogP contribution in [0.1, 0.15) is 11.4 Å².